The van der Waals surface area contributed by atoms with Gasteiger partial charge in [-0.2, -0.15) is 0 Å². The Morgan fingerprint density at radius 3 is 2.89 bits per heavy atom. The van der Waals surface area contributed by atoms with Crippen molar-refractivity contribution >= 4 is 11.0 Å². The van der Waals surface area contributed by atoms with E-state index in [2.05, 4.69) is 20.9 Å². The zero-order valence-electron chi connectivity index (χ0n) is 10.9. The number of nitrogens with one attached hydrogen (secondary N) is 1. The van der Waals surface area contributed by atoms with Crippen LogP contribution >= 0.6 is 0 Å². The fourth-order valence-corrected chi connectivity index (χ4v) is 4.06. The van der Waals surface area contributed by atoms with Gasteiger partial charge in [0, 0.05) is 30.2 Å². The Morgan fingerprint density at radius 2 is 2.16 bits per heavy atom. The Labute approximate surface area is 112 Å². The number of rotatable bonds is 2. The second-order valence-electron chi connectivity index (χ2n) is 6.33. The molecule has 5 rings (SSSR count). The summed E-state index contributed by atoms with van der Waals surface area (Å²) in [4.78, 5) is 9.17. The fraction of sp³-hybridized carbons (Fsp3) is 0.600. The van der Waals surface area contributed by atoms with Crippen molar-refractivity contribution in [2.24, 2.45) is 0 Å². The van der Waals surface area contributed by atoms with E-state index >= 15 is 0 Å². The van der Waals surface area contributed by atoms with E-state index in [9.17, 15) is 0 Å². The topological polar surface area (TPSA) is 42.7 Å². The van der Waals surface area contributed by atoms with Crippen molar-refractivity contribution in [3.05, 3.63) is 24.3 Å². The van der Waals surface area contributed by atoms with E-state index in [-0.39, 0.29) is 0 Å². The van der Waals surface area contributed by atoms with Gasteiger partial charge in [0.15, 0.2) is 0 Å². The summed E-state index contributed by atoms with van der Waals surface area (Å²) in [6.07, 6.45) is 10.4. The van der Waals surface area contributed by atoms with Gasteiger partial charge in [-0.05, 0) is 38.2 Å². The SMILES string of the molecule is c1cc2c(cn1)nc(C1CC3CCC1N3)n2C1CC1. The lowest BCUT2D eigenvalue weighted by molar-refractivity contribution is 0.470. The molecule has 4 nitrogen and oxygen atoms in total. The average Bonchev–Trinajstić information content (AvgIpc) is 2.91. The summed E-state index contributed by atoms with van der Waals surface area (Å²) in [6, 6.07) is 4.22. The molecule has 0 radical (unpaired) electrons. The third-order valence-corrected chi connectivity index (χ3v) is 5.06. The van der Waals surface area contributed by atoms with E-state index in [1.54, 1.807) is 0 Å². The van der Waals surface area contributed by atoms with Crippen LogP contribution in [-0.4, -0.2) is 26.6 Å². The van der Waals surface area contributed by atoms with E-state index in [0.717, 1.165) is 11.6 Å². The Balaban J connectivity index is 1.68. The minimum Gasteiger partial charge on any atom is -0.324 e. The monoisotopic (exact) mass is 254 g/mol. The van der Waals surface area contributed by atoms with Crippen molar-refractivity contribution in [2.45, 2.75) is 56.1 Å². The molecule has 4 heteroatoms. The van der Waals surface area contributed by atoms with Crippen LogP contribution in [0.15, 0.2) is 18.5 Å². The molecule has 98 valence electrons. The van der Waals surface area contributed by atoms with Crippen molar-refractivity contribution in [2.75, 3.05) is 0 Å². The van der Waals surface area contributed by atoms with Gasteiger partial charge in [-0.15, -0.1) is 0 Å². The van der Waals surface area contributed by atoms with Crippen LogP contribution in [0.4, 0.5) is 0 Å². The zero-order valence-corrected chi connectivity index (χ0v) is 10.9. The molecule has 3 atom stereocenters. The molecule has 19 heavy (non-hydrogen) atoms. The maximum absolute atomic E-state index is 4.94. The molecule has 0 amide bonds. The minimum absolute atomic E-state index is 0.617. The molecule has 2 aliphatic heterocycles. The van der Waals surface area contributed by atoms with E-state index in [1.165, 1.54) is 43.4 Å². The third kappa shape index (κ3) is 1.43. The summed E-state index contributed by atoms with van der Waals surface area (Å²) >= 11 is 0. The van der Waals surface area contributed by atoms with E-state index < -0.39 is 0 Å². The number of nitrogens with zero attached hydrogens (tertiary/aromatic N) is 3. The molecule has 3 aliphatic rings. The minimum atomic E-state index is 0.617. The lowest BCUT2D eigenvalue weighted by atomic mass is 9.88. The van der Waals surface area contributed by atoms with Gasteiger partial charge in [-0.25, -0.2) is 4.98 Å². The smallest absolute Gasteiger partial charge is 0.114 e. The number of hydrogen-bond donors (Lipinski definition) is 1. The molecule has 0 aromatic carbocycles. The van der Waals surface area contributed by atoms with E-state index in [4.69, 9.17) is 4.98 Å². The zero-order chi connectivity index (χ0) is 12.4. The van der Waals surface area contributed by atoms with Crippen molar-refractivity contribution < 1.29 is 0 Å². The average molecular weight is 254 g/mol. The molecule has 1 aliphatic carbocycles. The number of aromatic nitrogens is 3. The normalized spacial score (nSPS) is 33.4. The Morgan fingerprint density at radius 1 is 1.21 bits per heavy atom. The Bertz CT molecular complexity index is 643. The molecule has 0 spiro atoms. The van der Waals surface area contributed by atoms with Gasteiger partial charge in [-0.1, -0.05) is 0 Å². The maximum Gasteiger partial charge on any atom is 0.114 e. The number of fused-ring (bicyclic) bond motifs is 3. The second kappa shape index (κ2) is 3.57. The molecular weight excluding hydrogens is 236 g/mol. The van der Waals surface area contributed by atoms with E-state index in [1.807, 2.05) is 12.4 Å². The Hall–Kier alpha value is -1.42. The van der Waals surface area contributed by atoms with Gasteiger partial charge in [-0.3, -0.25) is 4.98 Å². The highest BCUT2D eigenvalue weighted by Gasteiger charge is 2.43. The van der Waals surface area contributed by atoms with Crippen molar-refractivity contribution in [1.82, 2.24) is 19.9 Å². The molecular formula is C15H18N4. The van der Waals surface area contributed by atoms with Crippen LogP contribution in [0.3, 0.4) is 0 Å². The first-order chi connectivity index (χ1) is 9.40. The van der Waals surface area contributed by atoms with Gasteiger partial charge < -0.3 is 9.88 Å². The molecule has 2 saturated heterocycles. The molecule has 3 unspecified atom stereocenters. The van der Waals surface area contributed by atoms with Crippen LogP contribution < -0.4 is 5.32 Å². The standard InChI is InChI=1S/C15H18N4/c1-4-12-11(7-9(1)17-12)15-18-13-8-16-6-5-14(13)19(15)10-2-3-10/h5-6,8-12,17H,1-4,7H2. The third-order valence-electron chi connectivity index (χ3n) is 5.06. The number of pyridine rings is 1. The fourth-order valence-electron chi connectivity index (χ4n) is 4.06. The van der Waals surface area contributed by atoms with E-state index in [0.29, 0.717) is 18.0 Å². The Kier molecular flexibility index (Phi) is 1.95. The quantitative estimate of drug-likeness (QED) is 0.894. The first-order valence-corrected chi connectivity index (χ1v) is 7.48. The molecule has 4 heterocycles. The highest BCUT2D eigenvalue weighted by molar-refractivity contribution is 5.75. The van der Waals surface area contributed by atoms with Gasteiger partial charge in [0.2, 0.25) is 0 Å². The summed E-state index contributed by atoms with van der Waals surface area (Å²) in [7, 11) is 0. The van der Waals surface area contributed by atoms with Gasteiger partial charge in [0.05, 0.1) is 11.7 Å². The lowest BCUT2D eigenvalue weighted by Crippen LogP contribution is -2.23. The summed E-state index contributed by atoms with van der Waals surface area (Å²) in [5.41, 5.74) is 2.36. The van der Waals surface area contributed by atoms with Gasteiger partial charge in [0.1, 0.15) is 11.3 Å². The maximum atomic E-state index is 4.94. The van der Waals surface area contributed by atoms with Crippen LogP contribution in [0, 0.1) is 0 Å². The molecule has 2 aromatic rings. The van der Waals surface area contributed by atoms with Crippen LogP contribution in [0.1, 0.15) is 49.9 Å². The predicted octanol–water partition coefficient (Wildman–Crippen LogP) is 2.37. The number of imidazole rings is 1. The highest BCUT2D eigenvalue weighted by atomic mass is 15.2. The largest absolute Gasteiger partial charge is 0.324 e. The summed E-state index contributed by atoms with van der Waals surface area (Å²) in [5, 5.41) is 3.74. The second-order valence-corrected chi connectivity index (χ2v) is 6.33. The summed E-state index contributed by atoms with van der Waals surface area (Å²) in [6.45, 7) is 0. The van der Waals surface area contributed by atoms with Crippen molar-refractivity contribution in [1.29, 1.82) is 0 Å². The van der Waals surface area contributed by atoms with Crippen molar-refractivity contribution in [3.8, 4) is 0 Å². The number of hydrogen-bond acceptors (Lipinski definition) is 3. The summed E-state index contributed by atoms with van der Waals surface area (Å²) < 4.78 is 2.52. The molecule has 2 aromatic heterocycles. The highest BCUT2D eigenvalue weighted by Crippen LogP contribution is 2.45. The molecule has 1 N–H and O–H groups in total. The van der Waals surface area contributed by atoms with Gasteiger partial charge >= 0.3 is 0 Å². The summed E-state index contributed by atoms with van der Waals surface area (Å²) in [5.74, 6) is 1.94. The van der Waals surface area contributed by atoms with Crippen molar-refractivity contribution in [3.63, 3.8) is 0 Å². The predicted molar refractivity (Wildman–Crippen MR) is 73.1 cm³/mol. The first-order valence-electron chi connectivity index (χ1n) is 7.48. The van der Waals surface area contributed by atoms with Crippen LogP contribution in [0.2, 0.25) is 0 Å². The molecule has 3 fully saturated rings. The van der Waals surface area contributed by atoms with Crippen LogP contribution in [0.25, 0.3) is 11.0 Å². The van der Waals surface area contributed by atoms with Crippen LogP contribution in [-0.2, 0) is 0 Å². The lowest BCUT2D eigenvalue weighted by Gasteiger charge is -2.21. The first kappa shape index (κ1) is 10.4. The molecule has 1 saturated carbocycles. The molecule has 2 bridgehead atoms. The van der Waals surface area contributed by atoms with Crippen LogP contribution in [0.5, 0.6) is 0 Å². The van der Waals surface area contributed by atoms with Gasteiger partial charge in [0.25, 0.3) is 0 Å².